The monoisotopic (exact) mass is 225 g/mol. The van der Waals surface area contributed by atoms with Crippen molar-refractivity contribution in [3.8, 4) is 0 Å². The van der Waals surface area contributed by atoms with E-state index < -0.39 is 0 Å². The van der Waals surface area contributed by atoms with Gasteiger partial charge in [0.1, 0.15) is 0 Å². The van der Waals surface area contributed by atoms with E-state index in [1.54, 1.807) is 0 Å². The van der Waals surface area contributed by atoms with Gasteiger partial charge in [0.05, 0.1) is 12.7 Å². The molecule has 0 bridgehead atoms. The number of ether oxygens (including phenoxy) is 2. The normalized spacial score (nSPS) is 31.1. The third kappa shape index (κ3) is 1.79. The Morgan fingerprint density at radius 1 is 1.19 bits per heavy atom. The molecule has 0 radical (unpaired) electrons. The molecule has 3 aliphatic rings. The maximum Gasteiger partial charge on any atom is 0.0583 e. The van der Waals surface area contributed by atoms with Gasteiger partial charge in [-0.05, 0) is 25.7 Å². The molecule has 3 heteroatoms. The first-order valence-corrected chi connectivity index (χ1v) is 6.43. The van der Waals surface area contributed by atoms with Crippen LogP contribution in [0.25, 0.3) is 0 Å². The predicted molar refractivity (Wildman–Crippen MR) is 62.4 cm³/mol. The average molecular weight is 225 g/mol. The Labute approximate surface area is 98.1 Å². The molecule has 16 heavy (non-hydrogen) atoms. The van der Waals surface area contributed by atoms with Gasteiger partial charge in [0.25, 0.3) is 0 Å². The lowest BCUT2D eigenvalue weighted by atomic mass is 9.61. The Morgan fingerprint density at radius 2 is 1.88 bits per heavy atom. The van der Waals surface area contributed by atoms with Crippen molar-refractivity contribution in [2.24, 2.45) is 10.8 Å². The smallest absolute Gasteiger partial charge is 0.0583 e. The zero-order valence-corrected chi connectivity index (χ0v) is 10.5. The number of hydrogen-bond acceptors (Lipinski definition) is 3. The predicted octanol–water partition coefficient (Wildman–Crippen LogP) is 1.52. The number of methoxy groups -OCH3 is 2. The number of hydrogen-bond donors (Lipinski definition) is 0. The molecule has 3 nitrogen and oxygen atoms in total. The highest BCUT2D eigenvalue weighted by Crippen LogP contribution is 2.53. The van der Waals surface area contributed by atoms with Crippen LogP contribution in [0.2, 0.25) is 0 Å². The van der Waals surface area contributed by atoms with Crippen LogP contribution in [0.4, 0.5) is 0 Å². The Kier molecular flexibility index (Phi) is 2.54. The van der Waals surface area contributed by atoms with Gasteiger partial charge in [-0.15, -0.1) is 0 Å². The van der Waals surface area contributed by atoms with Gasteiger partial charge in [-0.25, -0.2) is 0 Å². The molecular weight excluding hydrogens is 202 g/mol. The Bertz CT molecular complexity index is 261. The van der Waals surface area contributed by atoms with Crippen LogP contribution in [0.3, 0.4) is 0 Å². The third-order valence-corrected chi connectivity index (χ3v) is 4.74. The lowest BCUT2D eigenvalue weighted by Gasteiger charge is -2.59. The summed E-state index contributed by atoms with van der Waals surface area (Å²) in [5.41, 5.74) is 1.17. The summed E-state index contributed by atoms with van der Waals surface area (Å²) in [5, 5.41) is 0. The van der Waals surface area contributed by atoms with E-state index in [4.69, 9.17) is 9.47 Å². The highest BCUT2D eigenvalue weighted by Gasteiger charge is 2.55. The molecule has 0 atom stereocenters. The van der Waals surface area contributed by atoms with Crippen LogP contribution >= 0.6 is 0 Å². The molecule has 1 aliphatic heterocycles. The second-order valence-electron chi connectivity index (χ2n) is 6.34. The zero-order chi connectivity index (χ0) is 11.2. The van der Waals surface area contributed by atoms with Crippen LogP contribution in [-0.2, 0) is 9.47 Å². The summed E-state index contributed by atoms with van der Waals surface area (Å²) in [6.07, 6.45) is 5.86. The second kappa shape index (κ2) is 3.69. The SMILES string of the molecule is COCC1(CN2CC3(CC(OC)C3)C2)CC1. The molecule has 0 aromatic rings. The summed E-state index contributed by atoms with van der Waals surface area (Å²) in [6, 6.07) is 0. The van der Waals surface area contributed by atoms with Crippen molar-refractivity contribution >= 4 is 0 Å². The molecule has 0 amide bonds. The van der Waals surface area contributed by atoms with E-state index in [0.717, 1.165) is 6.61 Å². The standard InChI is InChI=1S/C13H23NO2/c1-15-10-12(3-4-12)7-14-8-13(9-14)5-11(6-13)16-2/h11H,3-10H2,1-2H3. The maximum absolute atomic E-state index is 5.37. The minimum Gasteiger partial charge on any atom is -0.384 e. The average Bonchev–Trinajstić information content (AvgIpc) is 2.88. The van der Waals surface area contributed by atoms with E-state index in [2.05, 4.69) is 4.90 Å². The van der Waals surface area contributed by atoms with Gasteiger partial charge in [0.2, 0.25) is 0 Å². The van der Waals surface area contributed by atoms with Crippen molar-refractivity contribution in [1.82, 2.24) is 4.90 Å². The van der Waals surface area contributed by atoms with Gasteiger partial charge in [0, 0.05) is 44.7 Å². The number of likely N-dealkylation sites (tertiary alicyclic amines) is 1. The fourth-order valence-electron chi connectivity index (χ4n) is 3.65. The molecular formula is C13H23NO2. The second-order valence-corrected chi connectivity index (χ2v) is 6.34. The molecule has 3 fully saturated rings. The Morgan fingerprint density at radius 3 is 2.38 bits per heavy atom. The summed E-state index contributed by atoms with van der Waals surface area (Å²) in [6.45, 7) is 4.83. The minimum atomic E-state index is 0.529. The van der Waals surface area contributed by atoms with E-state index in [0.29, 0.717) is 16.9 Å². The van der Waals surface area contributed by atoms with Crippen LogP contribution in [0.15, 0.2) is 0 Å². The third-order valence-electron chi connectivity index (χ3n) is 4.74. The lowest BCUT2D eigenvalue weighted by molar-refractivity contribution is -0.145. The molecule has 92 valence electrons. The van der Waals surface area contributed by atoms with E-state index in [-0.39, 0.29) is 0 Å². The molecule has 1 heterocycles. The highest BCUT2D eigenvalue weighted by molar-refractivity contribution is 5.07. The summed E-state index contributed by atoms with van der Waals surface area (Å²) in [5.74, 6) is 0. The molecule has 0 aromatic carbocycles. The first kappa shape index (κ1) is 11.0. The van der Waals surface area contributed by atoms with Crippen LogP contribution in [0.1, 0.15) is 25.7 Å². The van der Waals surface area contributed by atoms with Crippen molar-refractivity contribution in [2.75, 3.05) is 40.5 Å². The van der Waals surface area contributed by atoms with Crippen molar-refractivity contribution in [2.45, 2.75) is 31.8 Å². The van der Waals surface area contributed by atoms with E-state index >= 15 is 0 Å². The van der Waals surface area contributed by atoms with Gasteiger partial charge in [-0.1, -0.05) is 0 Å². The summed E-state index contributed by atoms with van der Waals surface area (Å²) < 4.78 is 10.7. The van der Waals surface area contributed by atoms with Crippen LogP contribution < -0.4 is 0 Å². The Balaban J connectivity index is 1.42. The molecule has 0 N–H and O–H groups in total. The quantitative estimate of drug-likeness (QED) is 0.708. The van der Waals surface area contributed by atoms with Crippen molar-refractivity contribution in [3.63, 3.8) is 0 Å². The van der Waals surface area contributed by atoms with Crippen molar-refractivity contribution < 1.29 is 9.47 Å². The molecule has 1 saturated heterocycles. The molecule has 2 saturated carbocycles. The van der Waals surface area contributed by atoms with Gasteiger partial charge in [-0.3, -0.25) is 0 Å². The summed E-state index contributed by atoms with van der Waals surface area (Å²) in [7, 11) is 3.67. The fraction of sp³-hybridized carbons (Fsp3) is 1.00. The highest BCUT2D eigenvalue weighted by atomic mass is 16.5. The van der Waals surface area contributed by atoms with Gasteiger partial charge >= 0.3 is 0 Å². The van der Waals surface area contributed by atoms with Gasteiger partial charge < -0.3 is 14.4 Å². The van der Waals surface area contributed by atoms with E-state index in [1.165, 1.54) is 45.3 Å². The van der Waals surface area contributed by atoms with E-state index in [9.17, 15) is 0 Å². The zero-order valence-electron chi connectivity index (χ0n) is 10.5. The van der Waals surface area contributed by atoms with Gasteiger partial charge in [-0.2, -0.15) is 0 Å². The van der Waals surface area contributed by atoms with Crippen LogP contribution in [0.5, 0.6) is 0 Å². The lowest BCUT2D eigenvalue weighted by Crippen LogP contribution is -2.64. The summed E-state index contributed by atoms with van der Waals surface area (Å²) >= 11 is 0. The first-order valence-electron chi connectivity index (χ1n) is 6.43. The molecule has 3 rings (SSSR count). The topological polar surface area (TPSA) is 21.7 Å². The maximum atomic E-state index is 5.37. The molecule has 0 unspecified atom stereocenters. The van der Waals surface area contributed by atoms with Crippen molar-refractivity contribution in [3.05, 3.63) is 0 Å². The molecule has 1 spiro atoms. The molecule has 0 aromatic heterocycles. The fourth-order valence-corrected chi connectivity index (χ4v) is 3.65. The minimum absolute atomic E-state index is 0.529. The van der Waals surface area contributed by atoms with Crippen molar-refractivity contribution in [1.29, 1.82) is 0 Å². The molecule has 2 aliphatic carbocycles. The first-order chi connectivity index (χ1) is 7.69. The van der Waals surface area contributed by atoms with E-state index in [1.807, 2.05) is 14.2 Å². The Hall–Kier alpha value is -0.120. The number of nitrogens with zero attached hydrogens (tertiary/aromatic N) is 1. The summed E-state index contributed by atoms with van der Waals surface area (Å²) in [4.78, 5) is 2.62. The largest absolute Gasteiger partial charge is 0.384 e. The number of rotatable bonds is 5. The van der Waals surface area contributed by atoms with Crippen LogP contribution in [-0.4, -0.2) is 51.5 Å². The van der Waals surface area contributed by atoms with Gasteiger partial charge in [0.15, 0.2) is 0 Å². The van der Waals surface area contributed by atoms with Crippen LogP contribution in [0, 0.1) is 10.8 Å².